The average molecular weight is 359 g/mol. The first-order valence-electron chi connectivity index (χ1n) is 7.38. The monoisotopic (exact) mass is 359 g/mol. The van der Waals surface area contributed by atoms with Gasteiger partial charge in [0.25, 0.3) is 10.0 Å². The summed E-state index contributed by atoms with van der Waals surface area (Å²) in [6.45, 7) is 3.82. The van der Waals surface area contributed by atoms with Crippen LogP contribution in [0.3, 0.4) is 0 Å². The van der Waals surface area contributed by atoms with Crippen LogP contribution in [0.15, 0.2) is 41.3 Å². The molecule has 3 N–H and O–H groups in total. The molecular formula is C17H17N3O4S. The van der Waals surface area contributed by atoms with Gasteiger partial charge in [-0.2, -0.15) is 5.26 Å². The lowest BCUT2D eigenvalue weighted by molar-refractivity contribution is 0.100. The summed E-state index contributed by atoms with van der Waals surface area (Å²) in [5.74, 6) is -0.343. The highest BCUT2D eigenvalue weighted by molar-refractivity contribution is 7.92. The molecule has 0 heterocycles. The zero-order chi connectivity index (χ0) is 18.6. The molecule has 0 saturated carbocycles. The molecule has 0 unspecified atom stereocenters. The number of amides is 1. The molecule has 0 atom stereocenters. The number of rotatable bonds is 6. The van der Waals surface area contributed by atoms with E-state index < -0.39 is 15.9 Å². The Kier molecular flexibility index (Phi) is 5.29. The number of sulfonamides is 1. The Balaban J connectivity index is 2.42. The number of primary amides is 1. The normalized spacial score (nSPS) is 10.8. The molecule has 1 amide bonds. The van der Waals surface area contributed by atoms with Crippen molar-refractivity contribution in [1.82, 2.24) is 0 Å². The van der Waals surface area contributed by atoms with Crippen LogP contribution in [0.4, 0.5) is 5.69 Å². The third kappa shape index (κ3) is 4.08. The predicted molar refractivity (Wildman–Crippen MR) is 92.8 cm³/mol. The van der Waals surface area contributed by atoms with Crippen LogP contribution in [-0.2, 0) is 10.0 Å². The van der Waals surface area contributed by atoms with Crippen molar-refractivity contribution in [3.63, 3.8) is 0 Å². The summed E-state index contributed by atoms with van der Waals surface area (Å²) in [7, 11) is -3.95. The molecule has 7 nitrogen and oxygen atoms in total. The molecule has 25 heavy (non-hydrogen) atoms. The molecule has 0 spiro atoms. The highest BCUT2D eigenvalue weighted by Gasteiger charge is 2.18. The Bertz CT molecular complexity index is 962. The van der Waals surface area contributed by atoms with Crippen molar-refractivity contribution in [3.05, 3.63) is 53.1 Å². The van der Waals surface area contributed by atoms with Gasteiger partial charge in [0.1, 0.15) is 11.8 Å². The number of carbonyl (C=O) groups excluding carboxylic acids is 1. The number of nitrogens with two attached hydrogens (primary N) is 1. The molecular weight excluding hydrogens is 342 g/mol. The van der Waals surface area contributed by atoms with Crippen molar-refractivity contribution in [2.75, 3.05) is 11.3 Å². The molecule has 8 heteroatoms. The summed E-state index contributed by atoms with van der Waals surface area (Å²) in [6, 6.07) is 10.4. The Morgan fingerprint density at radius 3 is 2.60 bits per heavy atom. The van der Waals surface area contributed by atoms with Gasteiger partial charge in [-0.25, -0.2) is 8.42 Å². The van der Waals surface area contributed by atoms with Gasteiger partial charge in [0.2, 0.25) is 5.91 Å². The summed E-state index contributed by atoms with van der Waals surface area (Å²) in [5.41, 5.74) is 6.39. The van der Waals surface area contributed by atoms with Gasteiger partial charge in [-0.05, 0) is 49.7 Å². The molecule has 130 valence electrons. The van der Waals surface area contributed by atoms with E-state index in [0.29, 0.717) is 17.9 Å². The minimum Gasteiger partial charge on any atom is -0.492 e. The lowest BCUT2D eigenvalue weighted by Crippen LogP contribution is -2.16. The van der Waals surface area contributed by atoms with Gasteiger partial charge in [-0.1, -0.05) is 6.07 Å². The Hall–Kier alpha value is -3.05. The number of aryl methyl sites for hydroxylation is 1. The number of nitrogens with one attached hydrogen (secondary N) is 1. The van der Waals surface area contributed by atoms with Gasteiger partial charge < -0.3 is 10.5 Å². The number of nitrogens with zero attached hydrogens (tertiary/aromatic N) is 1. The average Bonchev–Trinajstić information content (AvgIpc) is 2.57. The number of hydrogen-bond acceptors (Lipinski definition) is 5. The number of ether oxygens (including phenoxy) is 1. The second kappa shape index (κ2) is 7.23. The van der Waals surface area contributed by atoms with Crippen LogP contribution in [0, 0.1) is 18.3 Å². The van der Waals surface area contributed by atoms with Gasteiger partial charge in [-0.3, -0.25) is 9.52 Å². The van der Waals surface area contributed by atoms with Gasteiger partial charge >= 0.3 is 0 Å². The first kappa shape index (κ1) is 18.3. The van der Waals surface area contributed by atoms with E-state index in [0.717, 1.165) is 0 Å². The topological polar surface area (TPSA) is 122 Å². The molecule has 0 aliphatic carbocycles. The van der Waals surface area contributed by atoms with E-state index in [-0.39, 0.29) is 21.7 Å². The lowest BCUT2D eigenvalue weighted by Gasteiger charge is -2.13. The smallest absolute Gasteiger partial charge is 0.261 e. The minimum absolute atomic E-state index is 0.0867. The SMILES string of the molecule is CCOc1ccc(S(=O)(=O)Nc2cc(C(N)=O)ccc2C)cc1C#N. The Morgan fingerprint density at radius 1 is 1.28 bits per heavy atom. The molecule has 2 aromatic carbocycles. The fraction of sp³-hybridized carbons (Fsp3) is 0.176. The van der Waals surface area contributed by atoms with Crippen molar-refractivity contribution in [2.45, 2.75) is 18.7 Å². The zero-order valence-electron chi connectivity index (χ0n) is 13.7. The second-order valence-corrected chi connectivity index (χ2v) is 6.88. The highest BCUT2D eigenvalue weighted by Crippen LogP contribution is 2.25. The number of anilines is 1. The van der Waals surface area contributed by atoms with E-state index >= 15 is 0 Å². The second-order valence-electron chi connectivity index (χ2n) is 5.20. The maximum Gasteiger partial charge on any atom is 0.261 e. The summed E-state index contributed by atoms with van der Waals surface area (Å²) >= 11 is 0. The van der Waals surface area contributed by atoms with Crippen molar-refractivity contribution in [2.24, 2.45) is 5.73 Å². The summed E-state index contributed by atoms with van der Waals surface area (Å²) in [6.07, 6.45) is 0. The summed E-state index contributed by atoms with van der Waals surface area (Å²) in [5, 5.41) is 9.17. The fourth-order valence-corrected chi connectivity index (χ4v) is 3.28. The maximum atomic E-state index is 12.6. The minimum atomic E-state index is -3.95. The van der Waals surface area contributed by atoms with Crippen LogP contribution < -0.4 is 15.2 Å². The van der Waals surface area contributed by atoms with Gasteiger partial charge in [0.05, 0.1) is 22.8 Å². The molecule has 0 bridgehead atoms. The van der Waals surface area contributed by atoms with E-state index in [9.17, 15) is 13.2 Å². The van der Waals surface area contributed by atoms with Crippen LogP contribution in [0.25, 0.3) is 0 Å². The van der Waals surface area contributed by atoms with Crippen molar-refractivity contribution in [3.8, 4) is 11.8 Å². The summed E-state index contributed by atoms with van der Waals surface area (Å²) in [4.78, 5) is 11.2. The number of benzene rings is 2. The molecule has 0 saturated heterocycles. The lowest BCUT2D eigenvalue weighted by atomic mass is 10.1. The van der Waals surface area contributed by atoms with Crippen LogP contribution in [0.2, 0.25) is 0 Å². The van der Waals surface area contributed by atoms with Crippen LogP contribution in [0.5, 0.6) is 5.75 Å². The third-order valence-corrected chi connectivity index (χ3v) is 4.81. The molecule has 0 radical (unpaired) electrons. The van der Waals surface area contributed by atoms with Crippen molar-refractivity contribution < 1.29 is 17.9 Å². The largest absolute Gasteiger partial charge is 0.492 e. The first-order chi connectivity index (χ1) is 11.8. The molecule has 0 fully saturated rings. The van der Waals surface area contributed by atoms with Gasteiger partial charge in [-0.15, -0.1) is 0 Å². The van der Waals surface area contributed by atoms with E-state index in [1.165, 1.54) is 30.3 Å². The van der Waals surface area contributed by atoms with Gasteiger partial charge in [0.15, 0.2) is 0 Å². The molecule has 2 rings (SSSR count). The molecule has 0 aliphatic heterocycles. The van der Waals surface area contributed by atoms with E-state index in [1.807, 2.05) is 6.07 Å². The third-order valence-electron chi connectivity index (χ3n) is 3.45. The van der Waals surface area contributed by atoms with Crippen LogP contribution in [0.1, 0.15) is 28.4 Å². The Morgan fingerprint density at radius 2 is 2.00 bits per heavy atom. The maximum absolute atomic E-state index is 12.6. The molecule has 2 aromatic rings. The standard InChI is InChI=1S/C17H17N3O4S/c1-3-24-16-7-6-14(8-13(16)10-18)25(22,23)20-15-9-12(17(19)21)5-4-11(15)2/h4-9,20H,3H2,1-2H3,(H2,19,21). The van der Waals surface area contributed by atoms with E-state index in [4.69, 9.17) is 15.7 Å². The zero-order valence-corrected chi connectivity index (χ0v) is 14.6. The number of carbonyl (C=O) groups is 1. The molecule has 0 aliphatic rings. The molecule has 0 aromatic heterocycles. The summed E-state index contributed by atoms with van der Waals surface area (Å²) < 4.78 is 32.9. The first-order valence-corrected chi connectivity index (χ1v) is 8.87. The van der Waals surface area contributed by atoms with Crippen molar-refractivity contribution in [1.29, 1.82) is 5.26 Å². The van der Waals surface area contributed by atoms with E-state index in [2.05, 4.69) is 4.72 Å². The fourth-order valence-electron chi connectivity index (χ4n) is 2.13. The quantitative estimate of drug-likeness (QED) is 0.818. The van der Waals surface area contributed by atoms with Crippen LogP contribution >= 0.6 is 0 Å². The predicted octanol–water partition coefficient (Wildman–Crippen LogP) is 2.17. The van der Waals surface area contributed by atoms with Gasteiger partial charge in [0, 0.05) is 5.56 Å². The van der Waals surface area contributed by atoms with Crippen LogP contribution in [-0.4, -0.2) is 20.9 Å². The number of nitriles is 1. The van der Waals surface area contributed by atoms with Crippen molar-refractivity contribution >= 4 is 21.6 Å². The van der Waals surface area contributed by atoms with E-state index in [1.54, 1.807) is 19.9 Å². The number of hydrogen-bond donors (Lipinski definition) is 2. The highest BCUT2D eigenvalue weighted by atomic mass is 32.2. The Labute approximate surface area is 146 Å².